The molecule has 0 N–H and O–H groups in total. The highest BCUT2D eigenvalue weighted by molar-refractivity contribution is 5.93. The maximum Gasteiger partial charge on any atom is 0.343 e. The Bertz CT molecular complexity index is 3410. The molecule has 8 aromatic carbocycles. The number of fused-ring (bicyclic) bond motifs is 2. The van der Waals surface area contributed by atoms with Crippen LogP contribution in [0.4, 0.5) is 11.4 Å². The molecule has 0 saturated heterocycles. The molecule has 98 heavy (non-hydrogen) atoms. The second-order valence-corrected chi connectivity index (χ2v) is 24.6. The van der Waals surface area contributed by atoms with Crippen molar-refractivity contribution in [3.05, 3.63) is 204 Å². The first-order chi connectivity index (χ1) is 48.3. The fourth-order valence-electron chi connectivity index (χ4n) is 11.2. The average molecular weight is 1330 g/mol. The van der Waals surface area contributed by atoms with Crippen LogP contribution in [0.25, 0.3) is 22.3 Å². The van der Waals surface area contributed by atoms with Crippen molar-refractivity contribution in [3.8, 4) is 68.2 Å². The minimum atomic E-state index is -0.444. The van der Waals surface area contributed by atoms with Crippen LogP contribution in [0.15, 0.2) is 192 Å². The van der Waals surface area contributed by atoms with Crippen LogP contribution in [-0.2, 0) is 9.47 Å². The molecular weight excluding hydrogens is 1230 g/mol. The summed E-state index contributed by atoms with van der Waals surface area (Å²) in [6.45, 7) is 8.23. The fraction of sp³-hybridized carbons (Fsp3) is 0.381. The Morgan fingerprint density at radius 3 is 0.959 bits per heavy atom. The van der Waals surface area contributed by atoms with Gasteiger partial charge in [0.05, 0.1) is 62.1 Å². The molecule has 0 atom stereocenters. The lowest BCUT2D eigenvalue weighted by atomic mass is 10.0. The van der Waals surface area contributed by atoms with Crippen LogP contribution in [0.2, 0.25) is 0 Å². The molecule has 0 spiro atoms. The van der Waals surface area contributed by atoms with Crippen molar-refractivity contribution >= 4 is 35.7 Å². The van der Waals surface area contributed by atoms with Crippen LogP contribution in [0.5, 0.6) is 46.0 Å². The largest absolute Gasteiger partial charge is 0.494 e. The number of carbonyl (C=O) groups excluding carboxylic acids is 2. The molecule has 1 aliphatic rings. The molecule has 9 rings (SSSR count). The van der Waals surface area contributed by atoms with Crippen molar-refractivity contribution in [1.82, 2.24) is 0 Å². The van der Waals surface area contributed by atoms with Crippen molar-refractivity contribution in [1.29, 1.82) is 0 Å². The average Bonchev–Trinajstić information content (AvgIpc) is 0.903. The topological polar surface area (TPSA) is 151 Å². The van der Waals surface area contributed by atoms with Crippen LogP contribution < -0.4 is 37.9 Å². The Morgan fingerprint density at radius 1 is 0.327 bits per heavy atom. The fourth-order valence-corrected chi connectivity index (χ4v) is 11.2. The molecule has 14 heteroatoms. The molecule has 0 radical (unpaired) electrons. The number of unbranched alkanes of at least 4 members (excludes halogenated alkanes) is 18. The van der Waals surface area contributed by atoms with Gasteiger partial charge in [-0.15, -0.1) is 0 Å². The van der Waals surface area contributed by atoms with Crippen molar-refractivity contribution in [2.75, 3.05) is 66.1 Å². The highest BCUT2D eigenvalue weighted by Crippen LogP contribution is 2.34. The maximum absolute atomic E-state index is 13.2. The third-order valence-corrected chi connectivity index (χ3v) is 16.9. The number of ether oxygens (including phenoxy) is 10. The van der Waals surface area contributed by atoms with E-state index >= 15 is 0 Å². The predicted molar refractivity (Wildman–Crippen MR) is 392 cm³/mol. The minimum absolute atomic E-state index is 0.246. The summed E-state index contributed by atoms with van der Waals surface area (Å²) < 4.78 is 59.9. The summed E-state index contributed by atoms with van der Waals surface area (Å²) >= 11 is 0. The number of aliphatic imine (C=N–C) groups is 2. The van der Waals surface area contributed by atoms with Crippen LogP contribution >= 0.6 is 0 Å². The molecule has 0 aromatic heterocycles. The summed E-state index contributed by atoms with van der Waals surface area (Å²) in [6, 6.07) is 56.4. The Labute approximate surface area is 580 Å². The van der Waals surface area contributed by atoms with Gasteiger partial charge in [-0.3, -0.25) is 9.98 Å². The Hall–Kier alpha value is -9.24. The third kappa shape index (κ3) is 26.0. The van der Waals surface area contributed by atoms with Gasteiger partial charge < -0.3 is 47.4 Å². The highest BCUT2D eigenvalue weighted by atomic mass is 16.6. The standard InChI is InChI=1S/C84H98N2O12/c1-3-5-7-9-11-13-15-17-19-21-51-91-75-45-35-69(36-46-75)67-27-31-71(32-28-67)83(87)97-77-41-23-65(24-42-77)63-85-73-39-49-79-81(61-73)95-59-55-90-56-60-96-82-62-74(40-50-80(82)94-58-54-89-53-57-93-79)86-64-66-25-43-78(44-26-66)98-84(88)72-33-29-68(30-34-72)70-37-47-76(48-38-70)92-52-22-20-18-16-14-12-10-8-6-4-2/h23-50,61-64H,3-22,51-60H2,1-2H3. The van der Waals surface area contributed by atoms with E-state index in [2.05, 4.69) is 13.8 Å². The quantitative estimate of drug-likeness (QED) is 0.0163. The van der Waals surface area contributed by atoms with Gasteiger partial charge in [0.25, 0.3) is 0 Å². The van der Waals surface area contributed by atoms with E-state index in [1.807, 2.05) is 133 Å². The van der Waals surface area contributed by atoms with Gasteiger partial charge in [-0.05, 0) is 168 Å². The number of benzene rings is 8. The summed E-state index contributed by atoms with van der Waals surface area (Å²) in [5.41, 5.74) is 7.90. The molecule has 0 aliphatic carbocycles. The second-order valence-electron chi connectivity index (χ2n) is 24.6. The van der Waals surface area contributed by atoms with E-state index in [0.717, 1.165) is 70.9 Å². The van der Waals surface area contributed by atoms with Crippen molar-refractivity contribution < 1.29 is 57.0 Å². The number of hydrogen-bond donors (Lipinski definition) is 0. The molecule has 0 saturated carbocycles. The van der Waals surface area contributed by atoms with Crippen LogP contribution in [-0.4, -0.2) is 90.4 Å². The van der Waals surface area contributed by atoms with E-state index in [-0.39, 0.29) is 39.6 Å². The molecular formula is C84H98N2O12. The van der Waals surface area contributed by atoms with E-state index < -0.39 is 11.9 Å². The van der Waals surface area contributed by atoms with Gasteiger partial charge in [-0.2, -0.15) is 0 Å². The van der Waals surface area contributed by atoms with Gasteiger partial charge in [0, 0.05) is 24.6 Å². The molecule has 0 bridgehead atoms. The van der Waals surface area contributed by atoms with E-state index in [0.29, 0.717) is 70.2 Å². The molecule has 1 aliphatic heterocycles. The number of carbonyl (C=O) groups is 2. The van der Waals surface area contributed by atoms with Crippen molar-refractivity contribution in [2.24, 2.45) is 9.98 Å². The van der Waals surface area contributed by atoms with Crippen molar-refractivity contribution in [2.45, 2.75) is 142 Å². The lowest BCUT2D eigenvalue weighted by Crippen LogP contribution is -2.15. The lowest BCUT2D eigenvalue weighted by Gasteiger charge is -2.16. The Kier molecular flexibility index (Phi) is 31.6. The lowest BCUT2D eigenvalue weighted by molar-refractivity contribution is 0.0640. The normalized spacial score (nSPS) is 13.0. The van der Waals surface area contributed by atoms with Crippen LogP contribution in [0.1, 0.15) is 174 Å². The van der Waals surface area contributed by atoms with Gasteiger partial charge in [0.2, 0.25) is 0 Å². The smallest absolute Gasteiger partial charge is 0.343 e. The first kappa shape index (κ1) is 73.0. The van der Waals surface area contributed by atoms with Gasteiger partial charge in [-0.25, -0.2) is 9.59 Å². The summed E-state index contributed by atoms with van der Waals surface area (Å²) in [4.78, 5) is 35.7. The molecule has 516 valence electrons. The monoisotopic (exact) mass is 1330 g/mol. The zero-order chi connectivity index (χ0) is 67.9. The number of esters is 2. The van der Waals surface area contributed by atoms with Crippen LogP contribution in [0.3, 0.4) is 0 Å². The van der Waals surface area contributed by atoms with Gasteiger partial charge >= 0.3 is 11.9 Å². The Morgan fingerprint density at radius 2 is 0.622 bits per heavy atom. The SMILES string of the molecule is CCCCCCCCCCCCOc1ccc(-c2ccc(C(=O)Oc3ccc(C=Nc4ccc5c(c4)OCCOCCOc4cc(N=Cc6ccc(OC(=O)c7ccc(-c8ccc(OCCCCCCCCCCCC)cc8)cc7)cc6)ccc4OCCOCCO5)cc3)cc2)cc1. The molecule has 14 nitrogen and oxygen atoms in total. The van der Waals surface area contributed by atoms with Gasteiger partial charge in [0.15, 0.2) is 23.0 Å². The zero-order valence-electron chi connectivity index (χ0n) is 57.5. The summed E-state index contributed by atoms with van der Waals surface area (Å²) in [5, 5.41) is 0. The van der Waals surface area contributed by atoms with E-state index in [1.54, 1.807) is 61.0 Å². The van der Waals surface area contributed by atoms with Gasteiger partial charge in [0.1, 0.15) is 49.4 Å². The summed E-state index contributed by atoms with van der Waals surface area (Å²) in [7, 11) is 0. The maximum atomic E-state index is 13.2. The Balaban J connectivity index is 0.672. The van der Waals surface area contributed by atoms with E-state index in [1.165, 1.54) is 116 Å². The zero-order valence-corrected chi connectivity index (χ0v) is 57.5. The molecule has 0 amide bonds. The molecule has 0 fully saturated rings. The van der Waals surface area contributed by atoms with Crippen LogP contribution in [0, 0.1) is 0 Å². The second kappa shape index (κ2) is 42.4. The first-order valence-electron chi connectivity index (χ1n) is 35.7. The van der Waals surface area contributed by atoms with E-state index in [4.69, 9.17) is 57.4 Å². The predicted octanol–water partition coefficient (Wildman–Crippen LogP) is 20.8. The minimum Gasteiger partial charge on any atom is -0.494 e. The number of nitrogens with zero attached hydrogens (tertiary/aromatic N) is 2. The number of rotatable bonds is 34. The molecule has 0 unspecified atom stereocenters. The van der Waals surface area contributed by atoms with Crippen molar-refractivity contribution in [3.63, 3.8) is 0 Å². The van der Waals surface area contributed by atoms with E-state index in [9.17, 15) is 9.59 Å². The molecule has 1 heterocycles. The van der Waals surface area contributed by atoms with Gasteiger partial charge in [-0.1, -0.05) is 178 Å². The number of hydrogen-bond acceptors (Lipinski definition) is 14. The summed E-state index contributed by atoms with van der Waals surface area (Å²) in [6.07, 6.45) is 29.4. The third-order valence-electron chi connectivity index (χ3n) is 16.9. The first-order valence-corrected chi connectivity index (χ1v) is 35.7. The molecule has 8 aromatic rings. The highest BCUT2D eigenvalue weighted by Gasteiger charge is 2.15. The summed E-state index contributed by atoms with van der Waals surface area (Å²) in [5.74, 6) is 3.80.